The molecule has 4 heteroatoms. The molecule has 0 bridgehead atoms. The van der Waals surface area contributed by atoms with E-state index in [9.17, 15) is 9.59 Å². The van der Waals surface area contributed by atoms with E-state index in [2.05, 4.69) is 32.9 Å². The number of carbonyl (C=O) groups excluding carboxylic acids is 2. The zero-order chi connectivity index (χ0) is 17.9. The van der Waals surface area contributed by atoms with Crippen molar-refractivity contribution in [2.45, 2.75) is 58.4 Å². The van der Waals surface area contributed by atoms with Crippen LogP contribution < -0.4 is 0 Å². The molecular weight excluding hydrogens is 302 g/mol. The lowest BCUT2D eigenvalue weighted by Crippen LogP contribution is -2.48. The van der Waals surface area contributed by atoms with Crippen molar-refractivity contribution in [3.63, 3.8) is 0 Å². The summed E-state index contributed by atoms with van der Waals surface area (Å²) in [6.45, 7) is 9.04. The maximum absolute atomic E-state index is 12.7. The van der Waals surface area contributed by atoms with Crippen LogP contribution in [0.15, 0.2) is 24.3 Å². The van der Waals surface area contributed by atoms with Gasteiger partial charge < -0.3 is 9.64 Å². The highest BCUT2D eigenvalue weighted by Gasteiger charge is 2.33. The van der Waals surface area contributed by atoms with Gasteiger partial charge in [0.2, 0.25) is 5.91 Å². The van der Waals surface area contributed by atoms with E-state index in [1.807, 2.05) is 24.0 Å². The first-order valence-electron chi connectivity index (χ1n) is 8.69. The van der Waals surface area contributed by atoms with Gasteiger partial charge in [-0.2, -0.15) is 0 Å². The summed E-state index contributed by atoms with van der Waals surface area (Å²) < 4.78 is 4.84. The van der Waals surface area contributed by atoms with E-state index in [1.165, 1.54) is 12.7 Å². The number of likely N-dealkylation sites (tertiary alicyclic amines) is 1. The van der Waals surface area contributed by atoms with Gasteiger partial charge in [-0.25, -0.2) is 0 Å². The fourth-order valence-electron chi connectivity index (χ4n) is 3.21. The molecule has 24 heavy (non-hydrogen) atoms. The Morgan fingerprint density at radius 1 is 1.17 bits per heavy atom. The number of rotatable bonds is 3. The summed E-state index contributed by atoms with van der Waals surface area (Å²) in [7, 11) is 1.41. The van der Waals surface area contributed by atoms with Gasteiger partial charge in [-0.3, -0.25) is 9.59 Å². The summed E-state index contributed by atoms with van der Waals surface area (Å²) in [5, 5.41) is 0. The van der Waals surface area contributed by atoms with E-state index >= 15 is 0 Å². The van der Waals surface area contributed by atoms with Gasteiger partial charge in [0, 0.05) is 12.6 Å². The number of ether oxygens (including phenoxy) is 1. The van der Waals surface area contributed by atoms with Gasteiger partial charge in [0.25, 0.3) is 0 Å². The molecule has 1 saturated heterocycles. The molecule has 0 unspecified atom stereocenters. The Kier molecular flexibility index (Phi) is 5.68. The summed E-state index contributed by atoms with van der Waals surface area (Å²) in [6, 6.07) is 8.43. The van der Waals surface area contributed by atoms with Crippen molar-refractivity contribution in [1.82, 2.24) is 4.90 Å². The van der Waals surface area contributed by atoms with Crippen molar-refractivity contribution in [1.29, 1.82) is 0 Å². The van der Waals surface area contributed by atoms with E-state index in [0.29, 0.717) is 13.0 Å². The minimum atomic E-state index is -0.214. The second-order valence-electron chi connectivity index (χ2n) is 7.82. The smallest absolute Gasteiger partial charge is 0.310 e. The number of piperidine rings is 1. The molecule has 1 aromatic carbocycles. The fraction of sp³-hybridized carbons (Fsp3) is 0.600. The Balaban J connectivity index is 2.03. The van der Waals surface area contributed by atoms with E-state index in [4.69, 9.17) is 4.74 Å². The SMILES string of the molecule is COC(=O)[C@@H]1CC[C@H](C)N(C(=O)Cc2ccc(C(C)(C)C)cc2)C1. The monoisotopic (exact) mass is 331 g/mol. The Labute approximate surface area is 145 Å². The molecule has 0 aromatic heterocycles. The van der Waals surface area contributed by atoms with E-state index in [-0.39, 0.29) is 29.3 Å². The van der Waals surface area contributed by atoms with Crippen molar-refractivity contribution < 1.29 is 14.3 Å². The van der Waals surface area contributed by atoms with Gasteiger partial charge in [-0.1, -0.05) is 45.0 Å². The van der Waals surface area contributed by atoms with Crippen molar-refractivity contribution in [3.05, 3.63) is 35.4 Å². The molecular formula is C20H29NO3. The lowest BCUT2D eigenvalue weighted by molar-refractivity contribution is -0.150. The van der Waals surface area contributed by atoms with Gasteiger partial charge in [0.05, 0.1) is 19.4 Å². The minimum absolute atomic E-state index is 0.0830. The predicted molar refractivity (Wildman–Crippen MR) is 94.8 cm³/mol. The van der Waals surface area contributed by atoms with Crippen LogP contribution in [-0.4, -0.2) is 36.5 Å². The summed E-state index contributed by atoms with van der Waals surface area (Å²) in [4.78, 5) is 26.3. The average molecular weight is 331 g/mol. The van der Waals surface area contributed by atoms with Crippen LogP contribution >= 0.6 is 0 Å². The molecule has 0 spiro atoms. The summed E-state index contributed by atoms with van der Waals surface area (Å²) >= 11 is 0. The van der Waals surface area contributed by atoms with Gasteiger partial charge in [0.1, 0.15) is 0 Å². The number of hydrogen-bond acceptors (Lipinski definition) is 3. The molecule has 1 aliphatic heterocycles. The molecule has 0 radical (unpaired) electrons. The quantitative estimate of drug-likeness (QED) is 0.798. The van der Waals surface area contributed by atoms with Crippen molar-refractivity contribution in [3.8, 4) is 0 Å². The van der Waals surface area contributed by atoms with Gasteiger partial charge in [0.15, 0.2) is 0 Å². The first kappa shape index (κ1) is 18.5. The first-order valence-corrected chi connectivity index (χ1v) is 8.69. The zero-order valence-corrected chi connectivity index (χ0v) is 15.5. The molecule has 2 rings (SSSR count). The number of amides is 1. The molecule has 1 aromatic rings. The molecule has 0 aliphatic carbocycles. The first-order chi connectivity index (χ1) is 11.2. The second-order valence-corrected chi connectivity index (χ2v) is 7.82. The minimum Gasteiger partial charge on any atom is -0.469 e. The maximum atomic E-state index is 12.7. The van der Waals surface area contributed by atoms with Crippen LogP contribution in [0.5, 0.6) is 0 Å². The fourth-order valence-corrected chi connectivity index (χ4v) is 3.21. The Hall–Kier alpha value is -1.84. The number of methoxy groups -OCH3 is 1. The number of carbonyl (C=O) groups is 2. The molecule has 1 amide bonds. The van der Waals surface area contributed by atoms with Crippen LogP contribution in [0.1, 0.15) is 51.7 Å². The zero-order valence-electron chi connectivity index (χ0n) is 15.5. The number of nitrogens with zero attached hydrogens (tertiary/aromatic N) is 1. The normalized spacial score (nSPS) is 21.5. The van der Waals surface area contributed by atoms with Crippen molar-refractivity contribution in [2.24, 2.45) is 5.92 Å². The molecule has 132 valence electrons. The largest absolute Gasteiger partial charge is 0.469 e. The molecule has 1 heterocycles. The van der Waals surface area contributed by atoms with E-state index < -0.39 is 0 Å². The number of hydrogen-bond donors (Lipinski definition) is 0. The van der Waals surface area contributed by atoms with Crippen LogP contribution in [0.2, 0.25) is 0 Å². The lowest BCUT2D eigenvalue weighted by Gasteiger charge is -2.37. The summed E-state index contributed by atoms with van der Waals surface area (Å²) in [6.07, 6.45) is 2.01. The maximum Gasteiger partial charge on any atom is 0.310 e. The molecule has 1 fully saturated rings. The molecule has 2 atom stereocenters. The number of esters is 1. The third-order valence-corrected chi connectivity index (χ3v) is 4.91. The van der Waals surface area contributed by atoms with E-state index in [1.54, 1.807) is 0 Å². The topological polar surface area (TPSA) is 46.6 Å². The van der Waals surface area contributed by atoms with Gasteiger partial charge in [-0.15, -0.1) is 0 Å². The average Bonchev–Trinajstić information content (AvgIpc) is 2.54. The summed E-state index contributed by atoms with van der Waals surface area (Å²) in [5.41, 5.74) is 2.38. The summed E-state index contributed by atoms with van der Waals surface area (Å²) in [5.74, 6) is -0.327. The third kappa shape index (κ3) is 4.37. The van der Waals surface area contributed by atoms with E-state index in [0.717, 1.165) is 18.4 Å². The molecule has 0 saturated carbocycles. The third-order valence-electron chi connectivity index (χ3n) is 4.91. The molecule has 1 aliphatic rings. The molecule has 0 N–H and O–H groups in total. The second kappa shape index (κ2) is 7.37. The Morgan fingerprint density at radius 3 is 2.33 bits per heavy atom. The number of benzene rings is 1. The Bertz CT molecular complexity index is 586. The van der Waals surface area contributed by atoms with Crippen LogP contribution in [0.25, 0.3) is 0 Å². The van der Waals surface area contributed by atoms with Crippen LogP contribution in [0, 0.1) is 5.92 Å². The van der Waals surface area contributed by atoms with Crippen LogP contribution in [0.3, 0.4) is 0 Å². The van der Waals surface area contributed by atoms with Crippen LogP contribution in [0.4, 0.5) is 0 Å². The Morgan fingerprint density at radius 2 is 1.79 bits per heavy atom. The molecule has 4 nitrogen and oxygen atoms in total. The highest BCUT2D eigenvalue weighted by Crippen LogP contribution is 2.25. The highest BCUT2D eigenvalue weighted by atomic mass is 16.5. The van der Waals surface area contributed by atoms with Crippen molar-refractivity contribution in [2.75, 3.05) is 13.7 Å². The highest BCUT2D eigenvalue weighted by molar-refractivity contribution is 5.80. The predicted octanol–water partition coefficient (Wildman–Crippen LogP) is 3.33. The van der Waals surface area contributed by atoms with Crippen molar-refractivity contribution >= 4 is 11.9 Å². The van der Waals surface area contributed by atoms with Gasteiger partial charge >= 0.3 is 5.97 Å². The van der Waals surface area contributed by atoms with Crippen LogP contribution in [-0.2, 0) is 26.2 Å². The standard InChI is InChI=1S/C20H29NO3/c1-14-6-9-16(19(23)24-5)13-21(14)18(22)12-15-7-10-17(11-8-15)20(2,3)4/h7-8,10-11,14,16H,6,9,12-13H2,1-5H3/t14-,16+/m0/s1. The van der Waals surface area contributed by atoms with Gasteiger partial charge in [-0.05, 0) is 36.3 Å². The lowest BCUT2D eigenvalue weighted by atomic mass is 9.86.